The van der Waals surface area contributed by atoms with E-state index in [1.165, 1.54) is 17.0 Å². The van der Waals surface area contributed by atoms with Gasteiger partial charge in [-0.05, 0) is 18.6 Å². The van der Waals surface area contributed by atoms with E-state index in [1.54, 1.807) is 13.1 Å². The lowest BCUT2D eigenvalue weighted by molar-refractivity contribution is -0.131. The van der Waals surface area contributed by atoms with E-state index in [2.05, 4.69) is 5.32 Å². The second kappa shape index (κ2) is 8.29. The summed E-state index contributed by atoms with van der Waals surface area (Å²) in [5.41, 5.74) is -0.131. The molecule has 0 atom stereocenters. The predicted octanol–water partition coefficient (Wildman–Crippen LogP) is 3.38. The normalized spacial score (nSPS) is 11.2. The molecule has 1 aromatic carbocycles. The van der Waals surface area contributed by atoms with E-state index in [-0.39, 0.29) is 24.8 Å². The summed E-state index contributed by atoms with van der Waals surface area (Å²) in [6.45, 7) is 6.06. The van der Waals surface area contributed by atoms with Crippen LogP contribution < -0.4 is 5.32 Å². The maximum atomic E-state index is 13.7. The van der Waals surface area contributed by atoms with Crippen LogP contribution in [-0.4, -0.2) is 30.3 Å². The molecule has 6 heteroatoms. The summed E-state index contributed by atoms with van der Waals surface area (Å²) >= 11 is 5.96. The van der Waals surface area contributed by atoms with Gasteiger partial charge in [-0.15, -0.1) is 0 Å². The first-order valence-electron chi connectivity index (χ1n) is 7.58. The van der Waals surface area contributed by atoms with Crippen molar-refractivity contribution in [1.29, 1.82) is 0 Å². The Hall–Kier alpha value is -1.62. The number of benzene rings is 1. The predicted molar refractivity (Wildman–Crippen MR) is 89.6 cm³/mol. The minimum absolute atomic E-state index is 0.0450. The Bertz CT molecular complexity index is 550. The maximum Gasteiger partial charge on any atom is 0.225 e. The molecule has 0 bridgehead atoms. The summed E-state index contributed by atoms with van der Waals surface area (Å²) in [4.78, 5) is 25.2. The van der Waals surface area contributed by atoms with Crippen molar-refractivity contribution in [3.8, 4) is 0 Å². The first kappa shape index (κ1) is 19.4. The molecule has 0 aliphatic rings. The number of nitrogens with one attached hydrogen (secondary N) is 1. The van der Waals surface area contributed by atoms with Crippen molar-refractivity contribution in [3.05, 3.63) is 34.6 Å². The Morgan fingerprint density at radius 3 is 2.52 bits per heavy atom. The van der Waals surface area contributed by atoms with Gasteiger partial charge in [0.1, 0.15) is 5.82 Å². The molecule has 1 N–H and O–H groups in total. The first-order chi connectivity index (χ1) is 10.6. The van der Waals surface area contributed by atoms with Crippen LogP contribution in [0, 0.1) is 11.2 Å². The molecule has 128 valence electrons. The zero-order valence-electron chi connectivity index (χ0n) is 14.1. The molecule has 0 aliphatic carbocycles. The monoisotopic (exact) mass is 342 g/mol. The second-order valence-corrected chi connectivity index (χ2v) is 6.97. The Morgan fingerprint density at radius 1 is 1.30 bits per heavy atom. The number of hydrogen-bond acceptors (Lipinski definition) is 2. The molecule has 0 radical (unpaired) electrons. The van der Waals surface area contributed by atoms with Crippen molar-refractivity contribution in [2.75, 3.05) is 13.6 Å². The Kier molecular flexibility index (Phi) is 7.01. The molecule has 0 fully saturated rings. The van der Waals surface area contributed by atoms with Gasteiger partial charge in [0.2, 0.25) is 11.8 Å². The smallest absolute Gasteiger partial charge is 0.225 e. The zero-order valence-corrected chi connectivity index (χ0v) is 14.8. The number of amides is 2. The zero-order chi connectivity index (χ0) is 17.6. The van der Waals surface area contributed by atoms with Gasteiger partial charge in [-0.3, -0.25) is 9.59 Å². The third kappa shape index (κ3) is 6.18. The Morgan fingerprint density at radius 2 is 1.96 bits per heavy atom. The number of nitrogens with zero attached hydrogens (tertiary/aromatic N) is 1. The lowest BCUT2D eigenvalue weighted by atomic mass is 9.96. The molecule has 1 aromatic rings. The number of carbonyl (C=O) groups is 2. The number of rotatable bonds is 6. The van der Waals surface area contributed by atoms with Gasteiger partial charge in [-0.25, -0.2) is 4.39 Å². The highest BCUT2D eigenvalue weighted by molar-refractivity contribution is 6.31. The fourth-order valence-corrected chi connectivity index (χ4v) is 2.13. The van der Waals surface area contributed by atoms with Crippen LogP contribution in [0.5, 0.6) is 0 Å². The highest BCUT2D eigenvalue weighted by atomic mass is 35.5. The highest BCUT2D eigenvalue weighted by Crippen LogP contribution is 2.20. The standard InChI is InChI=1S/C17H24ClFN2O2/c1-17(2,3)16(23)20-10-6-9-15(22)21(4)11-12-13(18)7-5-8-14(12)19/h5,7-8H,6,9-11H2,1-4H3,(H,20,23). The molecule has 0 saturated heterocycles. The quantitative estimate of drug-likeness (QED) is 0.806. The average Bonchev–Trinajstić information content (AvgIpc) is 2.45. The van der Waals surface area contributed by atoms with Gasteiger partial charge in [0.25, 0.3) is 0 Å². The van der Waals surface area contributed by atoms with Crippen molar-refractivity contribution >= 4 is 23.4 Å². The maximum absolute atomic E-state index is 13.7. The summed E-state index contributed by atoms with van der Waals surface area (Å²) in [5, 5.41) is 3.10. The third-order valence-corrected chi connectivity index (χ3v) is 3.77. The van der Waals surface area contributed by atoms with Crippen LogP contribution in [0.4, 0.5) is 4.39 Å². The van der Waals surface area contributed by atoms with Crippen molar-refractivity contribution in [2.45, 2.75) is 40.2 Å². The van der Waals surface area contributed by atoms with Gasteiger partial charge in [0.05, 0.1) is 0 Å². The van der Waals surface area contributed by atoms with Gasteiger partial charge in [0.15, 0.2) is 0 Å². The second-order valence-electron chi connectivity index (χ2n) is 6.56. The van der Waals surface area contributed by atoms with E-state index in [4.69, 9.17) is 11.6 Å². The molecular weight excluding hydrogens is 319 g/mol. The lowest BCUT2D eigenvalue weighted by Gasteiger charge is -2.19. The summed E-state index contributed by atoms with van der Waals surface area (Å²) in [5.74, 6) is -0.583. The van der Waals surface area contributed by atoms with Crippen molar-refractivity contribution in [2.24, 2.45) is 5.41 Å². The fourth-order valence-electron chi connectivity index (χ4n) is 1.91. The highest BCUT2D eigenvalue weighted by Gasteiger charge is 2.20. The van der Waals surface area contributed by atoms with E-state index >= 15 is 0 Å². The van der Waals surface area contributed by atoms with E-state index in [9.17, 15) is 14.0 Å². The van der Waals surface area contributed by atoms with Crippen LogP contribution in [0.15, 0.2) is 18.2 Å². The van der Waals surface area contributed by atoms with E-state index in [0.29, 0.717) is 23.6 Å². The van der Waals surface area contributed by atoms with Crippen LogP contribution >= 0.6 is 11.6 Å². The molecule has 0 unspecified atom stereocenters. The van der Waals surface area contributed by atoms with Gasteiger partial charge in [0, 0.05) is 42.6 Å². The number of carbonyl (C=O) groups excluding carboxylic acids is 2. The molecule has 0 heterocycles. The van der Waals surface area contributed by atoms with Gasteiger partial charge in [-0.2, -0.15) is 0 Å². The minimum atomic E-state index is -0.442. The Balaban J connectivity index is 2.42. The largest absolute Gasteiger partial charge is 0.356 e. The van der Waals surface area contributed by atoms with Crippen LogP contribution in [0.3, 0.4) is 0 Å². The summed E-state index contributed by atoms with van der Waals surface area (Å²) in [6, 6.07) is 4.45. The topological polar surface area (TPSA) is 49.4 Å². The molecule has 4 nitrogen and oxygen atoms in total. The SMILES string of the molecule is CN(Cc1c(F)cccc1Cl)C(=O)CCCNC(=O)C(C)(C)C. The summed E-state index contributed by atoms with van der Waals surface area (Å²) in [6.07, 6.45) is 0.822. The van der Waals surface area contributed by atoms with Crippen LogP contribution in [-0.2, 0) is 16.1 Å². The summed E-state index contributed by atoms with van der Waals surface area (Å²) in [7, 11) is 1.61. The van der Waals surface area contributed by atoms with Crippen molar-refractivity contribution < 1.29 is 14.0 Å². The van der Waals surface area contributed by atoms with Gasteiger partial charge < -0.3 is 10.2 Å². The first-order valence-corrected chi connectivity index (χ1v) is 7.96. The van der Waals surface area contributed by atoms with Gasteiger partial charge in [-0.1, -0.05) is 38.4 Å². The van der Waals surface area contributed by atoms with E-state index in [1.807, 2.05) is 20.8 Å². The van der Waals surface area contributed by atoms with E-state index < -0.39 is 11.2 Å². The van der Waals surface area contributed by atoms with E-state index in [0.717, 1.165) is 0 Å². The molecular formula is C17H24ClFN2O2. The Labute approximate surface area is 142 Å². The molecule has 1 rings (SSSR count). The molecule has 2 amide bonds. The number of hydrogen-bond donors (Lipinski definition) is 1. The lowest BCUT2D eigenvalue weighted by Crippen LogP contribution is -2.36. The molecule has 0 aromatic heterocycles. The fraction of sp³-hybridized carbons (Fsp3) is 0.529. The van der Waals surface area contributed by atoms with Crippen LogP contribution in [0.2, 0.25) is 5.02 Å². The van der Waals surface area contributed by atoms with Crippen molar-refractivity contribution in [1.82, 2.24) is 10.2 Å². The van der Waals surface area contributed by atoms with Crippen LogP contribution in [0.1, 0.15) is 39.2 Å². The van der Waals surface area contributed by atoms with Crippen LogP contribution in [0.25, 0.3) is 0 Å². The van der Waals surface area contributed by atoms with Crippen molar-refractivity contribution in [3.63, 3.8) is 0 Å². The molecule has 0 saturated carbocycles. The minimum Gasteiger partial charge on any atom is -0.356 e. The summed E-state index contributed by atoms with van der Waals surface area (Å²) < 4.78 is 13.7. The molecule has 0 spiro atoms. The third-order valence-electron chi connectivity index (χ3n) is 3.42. The average molecular weight is 343 g/mol. The van der Waals surface area contributed by atoms with Gasteiger partial charge >= 0.3 is 0 Å². The molecule has 0 aliphatic heterocycles. The number of halogens is 2. The molecule has 23 heavy (non-hydrogen) atoms.